The number of thiazole rings is 1. The molecule has 2 N–H and O–H groups in total. The number of rotatable bonds is 7. The minimum atomic E-state index is -3.61. The van der Waals surface area contributed by atoms with Crippen LogP contribution < -0.4 is 10.0 Å². The van der Waals surface area contributed by atoms with Crippen molar-refractivity contribution in [3.63, 3.8) is 0 Å². The van der Waals surface area contributed by atoms with Crippen LogP contribution in [0.5, 0.6) is 0 Å². The van der Waals surface area contributed by atoms with Crippen LogP contribution in [-0.2, 0) is 15.8 Å². The van der Waals surface area contributed by atoms with E-state index in [1.165, 1.54) is 0 Å². The maximum atomic E-state index is 12.2. The Bertz CT molecular complexity index is 716. The van der Waals surface area contributed by atoms with Gasteiger partial charge in [-0.05, 0) is 12.1 Å². The lowest BCUT2D eigenvalue weighted by Gasteiger charge is -2.10. The molecule has 0 fully saturated rings. The van der Waals surface area contributed by atoms with Crippen molar-refractivity contribution >= 4 is 39.1 Å². The summed E-state index contributed by atoms with van der Waals surface area (Å²) in [5, 5.41) is 5.80. The molecular formula is C14H18N4O2S3. The van der Waals surface area contributed by atoms with Gasteiger partial charge in [-0.2, -0.15) is 11.8 Å². The standard InChI is InChI=1S/C14H18N4O2S3/c1-15-14(17-7-9-21-11-13-16-8-10-22-13)18-23(19,20)12-5-3-2-4-6-12/h2-6,8,10H,7,9,11H2,1H3,(H2,15,17,18). The highest BCUT2D eigenvalue weighted by molar-refractivity contribution is 7.98. The third-order valence-electron chi connectivity index (χ3n) is 2.74. The first kappa shape index (κ1) is 17.8. The van der Waals surface area contributed by atoms with Crippen LogP contribution >= 0.6 is 23.1 Å². The normalized spacial score (nSPS) is 12.1. The fourth-order valence-electron chi connectivity index (χ4n) is 1.65. The number of guanidine groups is 1. The van der Waals surface area contributed by atoms with Crippen LogP contribution in [-0.4, -0.2) is 38.7 Å². The van der Waals surface area contributed by atoms with Gasteiger partial charge in [0.1, 0.15) is 5.01 Å². The van der Waals surface area contributed by atoms with E-state index in [1.54, 1.807) is 66.7 Å². The predicted molar refractivity (Wildman–Crippen MR) is 96.4 cm³/mol. The summed E-state index contributed by atoms with van der Waals surface area (Å²) in [6.07, 6.45) is 1.79. The summed E-state index contributed by atoms with van der Waals surface area (Å²) in [4.78, 5) is 8.66. The Morgan fingerprint density at radius 2 is 2.13 bits per heavy atom. The van der Waals surface area contributed by atoms with Crippen molar-refractivity contribution in [3.05, 3.63) is 46.9 Å². The molecule has 0 aliphatic carbocycles. The summed E-state index contributed by atoms with van der Waals surface area (Å²) in [6.45, 7) is 0.517. The lowest BCUT2D eigenvalue weighted by molar-refractivity contribution is 0.591. The zero-order chi connectivity index (χ0) is 16.5. The van der Waals surface area contributed by atoms with E-state index in [4.69, 9.17) is 0 Å². The first-order valence-electron chi connectivity index (χ1n) is 6.88. The number of thioether (sulfide) groups is 1. The number of hydrogen-bond donors (Lipinski definition) is 2. The zero-order valence-corrected chi connectivity index (χ0v) is 15.0. The third kappa shape index (κ3) is 5.85. The van der Waals surface area contributed by atoms with Crippen molar-refractivity contribution in [2.24, 2.45) is 4.99 Å². The molecule has 1 aromatic carbocycles. The Labute approximate surface area is 144 Å². The monoisotopic (exact) mass is 370 g/mol. The molecular weight excluding hydrogens is 352 g/mol. The Kier molecular flexibility index (Phi) is 6.87. The smallest absolute Gasteiger partial charge is 0.264 e. The Morgan fingerprint density at radius 3 is 2.78 bits per heavy atom. The number of sulfonamides is 1. The number of aliphatic imine (C=N–C) groups is 1. The second-order valence-electron chi connectivity index (χ2n) is 4.38. The molecule has 9 heteroatoms. The SMILES string of the molecule is CNC(=NCCSCc1nccs1)NS(=O)(=O)c1ccccc1. The van der Waals surface area contributed by atoms with Crippen LogP contribution in [0.25, 0.3) is 0 Å². The molecule has 2 aromatic rings. The molecule has 0 unspecified atom stereocenters. The maximum absolute atomic E-state index is 12.2. The maximum Gasteiger partial charge on any atom is 0.264 e. The van der Waals surface area contributed by atoms with Crippen molar-refractivity contribution < 1.29 is 8.42 Å². The minimum Gasteiger partial charge on any atom is -0.359 e. The summed E-state index contributed by atoms with van der Waals surface area (Å²) in [6, 6.07) is 8.21. The van der Waals surface area contributed by atoms with E-state index in [-0.39, 0.29) is 10.9 Å². The molecule has 0 radical (unpaired) electrons. The second-order valence-corrected chi connectivity index (χ2v) is 8.14. The quantitative estimate of drug-likeness (QED) is 0.442. The zero-order valence-electron chi connectivity index (χ0n) is 12.6. The molecule has 124 valence electrons. The van der Waals surface area contributed by atoms with E-state index < -0.39 is 10.0 Å². The molecule has 0 atom stereocenters. The highest BCUT2D eigenvalue weighted by Gasteiger charge is 2.14. The number of hydrogen-bond acceptors (Lipinski definition) is 6. The predicted octanol–water partition coefficient (Wildman–Crippen LogP) is 1.93. The van der Waals surface area contributed by atoms with Gasteiger partial charge in [0.2, 0.25) is 5.96 Å². The molecule has 0 saturated heterocycles. The van der Waals surface area contributed by atoms with Gasteiger partial charge in [-0.3, -0.25) is 4.99 Å². The highest BCUT2D eigenvalue weighted by atomic mass is 32.2. The average molecular weight is 371 g/mol. The van der Waals surface area contributed by atoms with Crippen LogP contribution in [0.2, 0.25) is 0 Å². The fourth-order valence-corrected chi connectivity index (χ4v) is 4.24. The lowest BCUT2D eigenvalue weighted by Crippen LogP contribution is -2.39. The van der Waals surface area contributed by atoms with Crippen LogP contribution in [0.15, 0.2) is 51.8 Å². The van der Waals surface area contributed by atoms with Crippen molar-refractivity contribution in [1.82, 2.24) is 15.0 Å². The molecule has 0 spiro atoms. The summed E-state index contributed by atoms with van der Waals surface area (Å²) in [7, 11) is -1.97. The number of nitrogens with one attached hydrogen (secondary N) is 2. The van der Waals surface area contributed by atoms with Crippen molar-refractivity contribution in [3.8, 4) is 0 Å². The van der Waals surface area contributed by atoms with E-state index >= 15 is 0 Å². The lowest BCUT2D eigenvalue weighted by atomic mass is 10.4. The Hall–Kier alpha value is -1.58. The Morgan fingerprint density at radius 1 is 1.35 bits per heavy atom. The Balaban J connectivity index is 1.84. The number of aromatic nitrogens is 1. The second kappa shape index (κ2) is 8.90. The molecule has 0 amide bonds. The molecule has 2 rings (SSSR count). The van der Waals surface area contributed by atoms with Gasteiger partial charge in [0.15, 0.2) is 0 Å². The van der Waals surface area contributed by atoms with Gasteiger partial charge in [-0.15, -0.1) is 11.3 Å². The summed E-state index contributed by atoms with van der Waals surface area (Å²) in [5.41, 5.74) is 0. The number of benzene rings is 1. The van der Waals surface area contributed by atoms with Gasteiger partial charge in [-0.25, -0.2) is 18.1 Å². The largest absolute Gasteiger partial charge is 0.359 e. The van der Waals surface area contributed by atoms with Gasteiger partial charge in [0.25, 0.3) is 10.0 Å². The fraction of sp³-hybridized carbons (Fsp3) is 0.286. The summed E-state index contributed by atoms with van der Waals surface area (Å²) < 4.78 is 26.9. The molecule has 0 aliphatic rings. The van der Waals surface area contributed by atoms with E-state index in [0.717, 1.165) is 16.5 Å². The van der Waals surface area contributed by atoms with Crippen molar-refractivity contribution in [2.75, 3.05) is 19.3 Å². The molecule has 1 heterocycles. The van der Waals surface area contributed by atoms with Gasteiger partial charge in [0.05, 0.1) is 11.4 Å². The average Bonchev–Trinajstić information content (AvgIpc) is 3.07. The molecule has 0 aliphatic heterocycles. The van der Waals surface area contributed by atoms with E-state index in [2.05, 4.69) is 20.0 Å². The highest BCUT2D eigenvalue weighted by Crippen LogP contribution is 2.13. The molecule has 6 nitrogen and oxygen atoms in total. The molecule has 0 bridgehead atoms. The minimum absolute atomic E-state index is 0.209. The van der Waals surface area contributed by atoms with E-state index in [0.29, 0.717) is 6.54 Å². The van der Waals surface area contributed by atoms with E-state index in [1.807, 2.05) is 5.38 Å². The van der Waals surface area contributed by atoms with Gasteiger partial charge in [0, 0.05) is 30.1 Å². The van der Waals surface area contributed by atoms with Gasteiger partial charge >= 0.3 is 0 Å². The topological polar surface area (TPSA) is 83.4 Å². The summed E-state index contributed by atoms with van der Waals surface area (Å²) >= 11 is 3.34. The van der Waals surface area contributed by atoms with Crippen LogP contribution in [0.4, 0.5) is 0 Å². The van der Waals surface area contributed by atoms with Crippen LogP contribution in [0.1, 0.15) is 5.01 Å². The van der Waals surface area contributed by atoms with Crippen LogP contribution in [0, 0.1) is 0 Å². The first-order chi connectivity index (χ1) is 11.1. The molecule has 1 aromatic heterocycles. The van der Waals surface area contributed by atoms with Gasteiger partial charge < -0.3 is 5.32 Å². The number of nitrogens with zero attached hydrogens (tertiary/aromatic N) is 2. The molecule has 0 saturated carbocycles. The van der Waals surface area contributed by atoms with Crippen molar-refractivity contribution in [2.45, 2.75) is 10.6 Å². The van der Waals surface area contributed by atoms with E-state index in [9.17, 15) is 8.42 Å². The third-order valence-corrected chi connectivity index (χ3v) is 6.00. The summed E-state index contributed by atoms with van der Waals surface area (Å²) in [5.74, 6) is 1.87. The van der Waals surface area contributed by atoms with Crippen molar-refractivity contribution in [1.29, 1.82) is 0 Å². The van der Waals surface area contributed by atoms with Gasteiger partial charge in [-0.1, -0.05) is 18.2 Å². The van der Waals surface area contributed by atoms with Crippen LogP contribution in [0.3, 0.4) is 0 Å². The molecule has 23 heavy (non-hydrogen) atoms. The first-order valence-corrected chi connectivity index (χ1v) is 10.4.